The van der Waals surface area contributed by atoms with Gasteiger partial charge in [-0.3, -0.25) is 24.1 Å². The topological polar surface area (TPSA) is 84.0 Å². The molecule has 0 fully saturated rings. The summed E-state index contributed by atoms with van der Waals surface area (Å²) in [5, 5.41) is 0. The molecule has 0 radical (unpaired) electrons. The molecule has 156 valence electrons. The summed E-state index contributed by atoms with van der Waals surface area (Å²) in [6.45, 7) is 4.59. The molecule has 1 atom stereocenters. The number of hydrogen-bond donors (Lipinski definition) is 0. The smallest absolute Gasteiger partial charge is 0.308 e. The number of esters is 1. The number of amides is 3. The van der Waals surface area contributed by atoms with Crippen molar-refractivity contribution in [3.05, 3.63) is 71.3 Å². The molecular formula is C23H24N2O5. The normalized spacial score (nSPS) is 13.7. The van der Waals surface area contributed by atoms with E-state index in [-0.39, 0.29) is 18.9 Å². The van der Waals surface area contributed by atoms with Crippen LogP contribution in [0.1, 0.15) is 52.7 Å². The second-order valence-corrected chi connectivity index (χ2v) is 6.85. The third kappa shape index (κ3) is 4.25. The van der Waals surface area contributed by atoms with Crippen LogP contribution in [0.15, 0.2) is 54.6 Å². The highest BCUT2D eigenvalue weighted by atomic mass is 16.5. The van der Waals surface area contributed by atoms with Crippen molar-refractivity contribution in [2.45, 2.75) is 26.4 Å². The minimum absolute atomic E-state index is 0.105. The lowest BCUT2D eigenvalue weighted by Gasteiger charge is -2.25. The van der Waals surface area contributed by atoms with E-state index in [0.29, 0.717) is 29.8 Å². The van der Waals surface area contributed by atoms with E-state index in [2.05, 4.69) is 0 Å². The van der Waals surface area contributed by atoms with Gasteiger partial charge in [0.05, 0.1) is 17.5 Å². The van der Waals surface area contributed by atoms with Crippen molar-refractivity contribution in [3.63, 3.8) is 0 Å². The van der Waals surface area contributed by atoms with Gasteiger partial charge in [0.2, 0.25) is 6.10 Å². The maximum Gasteiger partial charge on any atom is 0.308 e. The lowest BCUT2D eigenvalue weighted by molar-refractivity contribution is -0.160. The van der Waals surface area contributed by atoms with Gasteiger partial charge in [-0.25, -0.2) is 0 Å². The maximum absolute atomic E-state index is 12.9. The van der Waals surface area contributed by atoms with Gasteiger partial charge in [-0.05, 0) is 26.0 Å². The summed E-state index contributed by atoms with van der Waals surface area (Å²) >= 11 is 0. The molecule has 7 heteroatoms. The Balaban J connectivity index is 1.69. The molecule has 0 N–H and O–H groups in total. The largest absolute Gasteiger partial charge is 0.447 e. The predicted molar refractivity (Wildman–Crippen MR) is 110 cm³/mol. The molecule has 7 nitrogen and oxygen atoms in total. The Morgan fingerprint density at radius 2 is 1.43 bits per heavy atom. The fourth-order valence-electron chi connectivity index (χ4n) is 3.43. The van der Waals surface area contributed by atoms with Crippen molar-refractivity contribution in [2.75, 3.05) is 19.6 Å². The number of benzene rings is 2. The van der Waals surface area contributed by atoms with Crippen LogP contribution in [-0.4, -0.2) is 53.1 Å². The summed E-state index contributed by atoms with van der Waals surface area (Å²) < 4.78 is 5.51. The molecule has 3 rings (SSSR count). The summed E-state index contributed by atoms with van der Waals surface area (Å²) in [7, 11) is 0. The first-order valence-electron chi connectivity index (χ1n) is 9.96. The van der Waals surface area contributed by atoms with E-state index in [1.165, 1.54) is 0 Å². The van der Waals surface area contributed by atoms with Gasteiger partial charge in [-0.1, -0.05) is 42.5 Å². The third-order valence-corrected chi connectivity index (χ3v) is 5.07. The number of hydrogen-bond acceptors (Lipinski definition) is 5. The second-order valence-electron chi connectivity index (χ2n) is 6.85. The molecule has 0 aromatic heterocycles. The van der Waals surface area contributed by atoms with Crippen LogP contribution < -0.4 is 0 Å². The molecule has 0 saturated carbocycles. The minimum Gasteiger partial charge on any atom is -0.447 e. The Labute approximate surface area is 175 Å². The SMILES string of the molecule is CCN(CC)C(=O)[C@H](OC(=O)CCN1C(=O)c2ccccc2C1=O)c1ccccc1. The average molecular weight is 408 g/mol. The summed E-state index contributed by atoms with van der Waals surface area (Å²) in [5.74, 6) is -1.81. The van der Waals surface area contributed by atoms with E-state index in [1.54, 1.807) is 53.4 Å². The number of ether oxygens (including phenoxy) is 1. The van der Waals surface area contributed by atoms with E-state index < -0.39 is 23.9 Å². The fraction of sp³-hybridized carbons (Fsp3) is 0.304. The van der Waals surface area contributed by atoms with Crippen LogP contribution in [0.2, 0.25) is 0 Å². The molecule has 1 aliphatic heterocycles. The van der Waals surface area contributed by atoms with Crippen LogP contribution in [0.4, 0.5) is 0 Å². The van der Waals surface area contributed by atoms with E-state index in [1.807, 2.05) is 19.9 Å². The quantitative estimate of drug-likeness (QED) is 0.495. The van der Waals surface area contributed by atoms with Gasteiger partial charge in [0.1, 0.15) is 0 Å². The zero-order chi connectivity index (χ0) is 21.7. The Morgan fingerprint density at radius 3 is 1.97 bits per heavy atom. The van der Waals surface area contributed by atoms with Gasteiger partial charge in [-0.15, -0.1) is 0 Å². The van der Waals surface area contributed by atoms with Crippen LogP contribution in [-0.2, 0) is 14.3 Å². The molecule has 0 bridgehead atoms. The summed E-state index contributed by atoms with van der Waals surface area (Å²) in [6.07, 6.45) is -1.26. The predicted octanol–water partition coefficient (Wildman–Crippen LogP) is 2.83. The van der Waals surface area contributed by atoms with Crippen molar-refractivity contribution in [2.24, 2.45) is 0 Å². The first-order valence-corrected chi connectivity index (χ1v) is 9.96. The van der Waals surface area contributed by atoms with Crippen LogP contribution in [0.25, 0.3) is 0 Å². The summed E-state index contributed by atoms with van der Waals surface area (Å²) in [5.41, 5.74) is 1.23. The molecule has 2 aromatic carbocycles. The molecule has 0 spiro atoms. The molecule has 2 aromatic rings. The van der Waals surface area contributed by atoms with Gasteiger partial charge in [-0.2, -0.15) is 0 Å². The first-order chi connectivity index (χ1) is 14.5. The molecule has 0 aliphatic carbocycles. The highest BCUT2D eigenvalue weighted by Gasteiger charge is 2.35. The summed E-state index contributed by atoms with van der Waals surface area (Å²) in [4.78, 5) is 52.9. The van der Waals surface area contributed by atoms with Crippen molar-refractivity contribution in [1.29, 1.82) is 0 Å². The number of carbonyl (C=O) groups excluding carboxylic acids is 4. The molecule has 0 saturated heterocycles. The van der Waals surface area contributed by atoms with Crippen molar-refractivity contribution in [1.82, 2.24) is 9.80 Å². The van der Waals surface area contributed by atoms with E-state index in [4.69, 9.17) is 4.74 Å². The number of fused-ring (bicyclic) bond motifs is 1. The van der Waals surface area contributed by atoms with Gasteiger partial charge in [0, 0.05) is 25.2 Å². The van der Waals surface area contributed by atoms with Crippen LogP contribution in [0.5, 0.6) is 0 Å². The van der Waals surface area contributed by atoms with E-state index in [9.17, 15) is 19.2 Å². The van der Waals surface area contributed by atoms with Gasteiger partial charge in [0.15, 0.2) is 0 Å². The van der Waals surface area contributed by atoms with Crippen molar-refractivity contribution in [3.8, 4) is 0 Å². The van der Waals surface area contributed by atoms with Gasteiger partial charge >= 0.3 is 5.97 Å². The highest BCUT2D eigenvalue weighted by molar-refractivity contribution is 6.21. The molecule has 3 amide bonds. The van der Waals surface area contributed by atoms with Crippen molar-refractivity contribution < 1.29 is 23.9 Å². The van der Waals surface area contributed by atoms with Crippen LogP contribution in [0, 0.1) is 0 Å². The molecular weight excluding hydrogens is 384 g/mol. The third-order valence-electron chi connectivity index (χ3n) is 5.07. The Bertz CT molecular complexity index is 918. The maximum atomic E-state index is 12.9. The first kappa shape index (κ1) is 21.2. The van der Waals surface area contributed by atoms with Crippen LogP contribution >= 0.6 is 0 Å². The number of rotatable bonds is 8. The lowest BCUT2D eigenvalue weighted by Crippen LogP contribution is -2.37. The van der Waals surface area contributed by atoms with Crippen molar-refractivity contribution >= 4 is 23.7 Å². The monoisotopic (exact) mass is 408 g/mol. The Kier molecular flexibility index (Phi) is 6.61. The fourth-order valence-corrected chi connectivity index (χ4v) is 3.43. The van der Waals surface area contributed by atoms with E-state index in [0.717, 1.165) is 4.90 Å². The number of imide groups is 1. The summed E-state index contributed by atoms with van der Waals surface area (Å²) in [6, 6.07) is 15.3. The Morgan fingerprint density at radius 1 is 0.900 bits per heavy atom. The molecule has 0 unspecified atom stereocenters. The van der Waals surface area contributed by atoms with Crippen LogP contribution in [0.3, 0.4) is 0 Å². The average Bonchev–Trinajstić information content (AvgIpc) is 3.02. The number of likely N-dealkylation sites (N-methyl/N-ethyl adjacent to an activating group) is 1. The second kappa shape index (κ2) is 9.35. The van der Waals surface area contributed by atoms with Gasteiger partial charge in [0.25, 0.3) is 17.7 Å². The zero-order valence-electron chi connectivity index (χ0n) is 17.0. The Hall–Kier alpha value is -3.48. The minimum atomic E-state index is -1.07. The zero-order valence-corrected chi connectivity index (χ0v) is 17.0. The lowest BCUT2D eigenvalue weighted by atomic mass is 10.1. The van der Waals surface area contributed by atoms with E-state index >= 15 is 0 Å². The molecule has 1 aliphatic rings. The standard InChI is InChI=1S/C23H24N2O5/c1-3-24(4-2)23(29)20(16-10-6-5-7-11-16)30-19(26)14-15-25-21(27)17-12-8-9-13-18(17)22(25)28/h5-13,20H,3-4,14-15H2,1-2H3/t20-/m1/s1. The van der Waals surface area contributed by atoms with Gasteiger partial charge < -0.3 is 9.64 Å². The number of carbonyl (C=O) groups is 4. The molecule has 1 heterocycles. The highest BCUT2D eigenvalue weighted by Crippen LogP contribution is 2.24. The molecule has 30 heavy (non-hydrogen) atoms. The number of nitrogens with zero attached hydrogens (tertiary/aromatic N) is 2.